The van der Waals surface area contributed by atoms with Crippen molar-refractivity contribution in [3.63, 3.8) is 0 Å². The smallest absolute Gasteiger partial charge is 0.100 e. The van der Waals surface area contributed by atoms with Crippen LogP contribution in [-0.4, -0.2) is 6.17 Å². The van der Waals surface area contributed by atoms with Crippen LogP contribution in [0, 0.1) is 18.3 Å². The summed E-state index contributed by atoms with van der Waals surface area (Å²) in [6.45, 7) is 0. The molecule has 1 radical (unpaired) electrons. The van der Waals surface area contributed by atoms with Crippen LogP contribution in [-0.2, 0) is 0 Å². The van der Waals surface area contributed by atoms with Gasteiger partial charge in [0.15, 0.2) is 0 Å². The van der Waals surface area contributed by atoms with Crippen LogP contribution < -0.4 is 0 Å². The third-order valence-corrected chi connectivity index (χ3v) is 1.87. The molecule has 0 nitrogen and oxygen atoms in total. The Balaban J connectivity index is 2.24. The van der Waals surface area contributed by atoms with E-state index in [2.05, 4.69) is 5.92 Å². The van der Waals surface area contributed by atoms with Crippen LogP contribution in [0.15, 0.2) is 0 Å². The Labute approximate surface area is 55.5 Å². The van der Waals surface area contributed by atoms with E-state index in [4.69, 9.17) is 6.42 Å². The van der Waals surface area contributed by atoms with Gasteiger partial charge in [-0.25, -0.2) is 4.39 Å². The minimum absolute atomic E-state index is 0.414. The minimum atomic E-state index is -0.594. The third-order valence-electron chi connectivity index (χ3n) is 1.87. The summed E-state index contributed by atoms with van der Waals surface area (Å²) >= 11 is 0. The predicted molar refractivity (Wildman–Crippen MR) is 34.0 cm³/mol. The fourth-order valence-electron chi connectivity index (χ4n) is 1.34. The van der Waals surface area contributed by atoms with Gasteiger partial charge < -0.3 is 0 Å². The Kier molecular flexibility index (Phi) is 2.10. The maximum atomic E-state index is 12.4. The van der Waals surface area contributed by atoms with E-state index in [1.165, 1.54) is 0 Å². The summed E-state index contributed by atoms with van der Waals surface area (Å²) in [5, 5.41) is 0. The van der Waals surface area contributed by atoms with Crippen molar-refractivity contribution < 1.29 is 4.39 Å². The molecule has 49 valence electrons. The first kappa shape index (κ1) is 6.61. The van der Waals surface area contributed by atoms with E-state index in [-0.39, 0.29) is 0 Å². The number of alkyl halides is 1. The molecular weight excluding hydrogens is 115 g/mol. The Morgan fingerprint density at radius 2 is 2.33 bits per heavy atom. The maximum absolute atomic E-state index is 12.4. The fourth-order valence-corrected chi connectivity index (χ4v) is 1.34. The van der Waals surface area contributed by atoms with Crippen LogP contribution in [0.2, 0.25) is 0 Å². The Morgan fingerprint density at radius 1 is 1.56 bits per heavy atom. The number of hydrogen-bond donors (Lipinski definition) is 0. The van der Waals surface area contributed by atoms with E-state index in [0.29, 0.717) is 25.2 Å². The lowest BCUT2D eigenvalue weighted by atomic mass is 10.1. The van der Waals surface area contributed by atoms with Gasteiger partial charge in [0.2, 0.25) is 0 Å². The van der Waals surface area contributed by atoms with Crippen molar-refractivity contribution in [2.45, 2.75) is 31.9 Å². The van der Waals surface area contributed by atoms with E-state index < -0.39 is 6.17 Å². The lowest BCUT2D eigenvalue weighted by molar-refractivity contribution is 0.332. The van der Waals surface area contributed by atoms with Crippen LogP contribution >= 0.6 is 0 Å². The lowest BCUT2D eigenvalue weighted by Gasteiger charge is -1.99. The van der Waals surface area contributed by atoms with Crippen LogP contribution in [0.4, 0.5) is 4.39 Å². The molecule has 0 aromatic rings. The van der Waals surface area contributed by atoms with E-state index >= 15 is 0 Å². The molecule has 2 unspecified atom stereocenters. The zero-order chi connectivity index (χ0) is 6.69. The highest BCUT2D eigenvalue weighted by Crippen LogP contribution is 2.29. The Bertz CT molecular complexity index is 123. The quantitative estimate of drug-likeness (QED) is 0.471. The summed E-state index contributed by atoms with van der Waals surface area (Å²) in [4.78, 5) is 0. The highest BCUT2D eigenvalue weighted by atomic mass is 19.1. The molecule has 0 aromatic carbocycles. The molecule has 1 aliphatic carbocycles. The highest BCUT2D eigenvalue weighted by Gasteiger charge is 2.22. The fraction of sp³-hybridized carbons (Fsp3) is 0.750. The maximum Gasteiger partial charge on any atom is 0.100 e. The molecule has 1 aliphatic rings. The molecule has 0 heterocycles. The zero-order valence-corrected chi connectivity index (χ0v) is 5.36. The summed E-state index contributed by atoms with van der Waals surface area (Å²) in [5.74, 6) is 2.73. The molecule has 0 amide bonds. The van der Waals surface area contributed by atoms with Crippen molar-refractivity contribution >= 4 is 0 Å². The minimum Gasteiger partial charge on any atom is -0.247 e. The zero-order valence-electron chi connectivity index (χ0n) is 5.36. The standard InChI is InChI=1S/C8H10F/c1-2-3-7-4-5-8(9)6-7/h7-8H,3-6H2. The first-order valence-electron chi connectivity index (χ1n) is 3.36. The van der Waals surface area contributed by atoms with Gasteiger partial charge in [-0.2, -0.15) is 0 Å². The molecule has 1 saturated carbocycles. The molecule has 0 bridgehead atoms. The van der Waals surface area contributed by atoms with Crippen molar-refractivity contribution in [3.05, 3.63) is 6.42 Å². The monoisotopic (exact) mass is 125 g/mol. The van der Waals surface area contributed by atoms with Crippen LogP contribution in [0.1, 0.15) is 25.7 Å². The number of halogens is 1. The number of rotatable bonds is 1. The number of hydrogen-bond acceptors (Lipinski definition) is 0. The normalized spacial score (nSPS) is 34.2. The van der Waals surface area contributed by atoms with Gasteiger partial charge in [-0.3, -0.25) is 0 Å². The molecule has 9 heavy (non-hydrogen) atoms. The first-order chi connectivity index (χ1) is 4.33. The van der Waals surface area contributed by atoms with Gasteiger partial charge in [0.05, 0.1) is 0 Å². The largest absolute Gasteiger partial charge is 0.247 e. The third kappa shape index (κ3) is 1.71. The van der Waals surface area contributed by atoms with Gasteiger partial charge >= 0.3 is 0 Å². The van der Waals surface area contributed by atoms with Crippen molar-refractivity contribution in [1.82, 2.24) is 0 Å². The molecule has 0 aromatic heterocycles. The van der Waals surface area contributed by atoms with E-state index in [0.717, 1.165) is 6.42 Å². The van der Waals surface area contributed by atoms with E-state index in [1.807, 2.05) is 0 Å². The molecular formula is C8H10F. The van der Waals surface area contributed by atoms with E-state index in [9.17, 15) is 4.39 Å². The second-order valence-corrected chi connectivity index (χ2v) is 2.66. The molecule has 1 heteroatoms. The van der Waals surface area contributed by atoms with Crippen LogP contribution in [0.5, 0.6) is 0 Å². The van der Waals surface area contributed by atoms with Gasteiger partial charge in [-0.05, 0) is 31.6 Å². The molecule has 1 fully saturated rings. The second kappa shape index (κ2) is 2.87. The summed E-state index contributed by atoms with van der Waals surface area (Å²) < 4.78 is 12.4. The SMILES string of the molecule is [C]#CCC1CCC(F)C1. The molecule has 0 aliphatic heterocycles. The van der Waals surface area contributed by atoms with Crippen molar-refractivity contribution in [2.24, 2.45) is 5.92 Å². The van der Waals surface area contributed by atoms with E-state index in [1.54, 1.807) is 0 Å². The summed E-state index contributed by atoms with van der Waals surface area (Å²) in [5.41, 5.74) is 0. The Hall–Kier alpha value is -0.510. The predicted octanol–water partition coefficient (Wildman–Crippen LogP) is 2.10. The Morgan fingerprint density at radius 3 is 2.78 bits per heavy atom. The molecule has 0 N–H and O–H groups in total. The topological polar surface area (TPSA) is 0 Å². The lowest BCUT2D eigenvalue weighted by Crippen LogP contribution is -1.93. The molecule has 0 spiro atoms. The summed E-state index contributed by atoms with van der Waals surface area (Å²) in [7, 11) is 0. The van der Waals surface area contributed by atoms with Gasteiger partial charge in [0.1, 0.15) is 6.17 Å². The summed E-state index contributed by atoms with van der Waals surface area (Å²) in [6.07, 6.45) is 9.03. The first-order valence-corrected chi connectivity index (χ1v) is 3.36. The van der Waals surface area contributed by atoms with Crippen LogP contribution in [0.25, 0.3) is 0 Å². The van der Waals surface area contributed by atoms with Crippen molar-refractivity contribution in [3.8, 4) is 5.92 Å². The van der Waals surface area contributed by atoms with Gasteiger partial charge in [0.25, 0.3) is 0 Å². The van der Waals surface area contributed by atoms with Gasteiger partial charge in [-0.1, -0.05) is 5.92 Å². The molecule has 1 rings (SSSR count). The summed E-state index contributed by atoms with van der Waals surface area (Å²) in [6, 6.07) is 0. The van der Waals surface area contributed by atoms with Crippen LogP contribution in [0.3, 0.4) is 0 Å². The highest BCUT2D eigenvalue weighted by molar-refractivity contribution is 4.85. The second-order valence-electron chi connectivity index (χ2n) is 2.66. The molecule has 2 atom stereocenters. The van der Waals surface area contributed by atoms with Crippen molar-refractivity contribution in [1.29, 1.82) is 0 Å². The van der Waals surface area contributed by atoms with Gasteiger partial charge in [0, 0.05) is 6.42 Å². The van der Waals surface area contributed by atoms with Crippen molar-refractivity contribution in [2.75, 3.05) is 0 Å². The van der Waals surface area contributed by atoms with Gasteiger partial charge in [-0.15, -0.1) is 0 Å². The average Bonchev–Trinajstić information content (AvgIpc) is 2.17. The average molecular weight is 125 g/mol. The molecule has 0 saturated heterocycles.